The van der Waals surface area contributed by atoms with Gasteiger partial charge in [0, 0.05) is 10.6 Å². The minimum absolute atomic E-state index is 0.327. The molecule has 146 valence electrons. The van der Waals surface area contributed by atoms with Crippen LogP contribution in [-0.4, -0.2) is 27.5 Å². The largest absolute Gasteiger partial charge is 0.451 e. The van der Waals surface area contributed by atoms with Gasteiger partial charge in [-0.2, -0.15) is 0 Å². The first kappa shape index (κ1) is 19.7. The minimum Gasteiger partial charge on any atom is -0.451 e. The molecule has 0 fully saturated rings. The molecule has 3 rings (SSSR count). The fourth-order valence-corrected chi connectivity index (χ4v) is 3.57. The summed E-state index contributed by atoms with van der Waals surface area (Å²) in [7, 11) is 0. The number of nitrogens with zero attached hydrogens (tertiary/aromatic N) is 2. The second-order valence-electron chi connectivity index (χ2n) is 6.27. The van der Waals surface area contributed by atoms with Gasteiger partial charge in [-0.25, -0.2) is 9.37 Å². The molecule has 0 aliphatic heterocycles. The van der Waals surface area contributed by atoms with Crippen molar-refractivity contribution in [2.24, 2.45) is 0 Å². The number of hydrogen-bond acceptors (Lipinski definition) is 6. The highest BCUT2D eigenvalue weighted by Crippen LogP contribution is 2.25. The zero-order valence-corrected chi connectivity index (χ0v) is 16.3. The van der Waals surface area contributed by atoms with Gasteiger partial charge in [-0.05, 0) is 50.6 Å². The number of rotatable bonds is 5. The Bertz CT molecular complexity index is 1100. The average molecular weight is 403 g/mol. The second-order valence-corrected chi connectivity index (χ2v) is 7.47. The van der Waals surface area contributed by atoms with Crippen LogP contribution in [0.5, 0.6) is 0 Å². The Balaban J connectivity index is 1.66. The number of aryl methyl sites for hydroxylation is 2. The summed E-state index contributed by atoms with van der Waals surface area (Å²) in [5, 5.41) is 3.01. The van der Waals surface area contributed by atoms with Gasteiger partial charge >= 0.3 is 5.97 Å². The van der Waals surface area contributed by atoms with Gasteiger partial charge in [0.2, 0.25) is 0 Å². The maximum Gasteiger partial charge on any atom is 0.326 e. The van der Waals surface area contributed by atoms with Crippen molar-refractivity contribution in [3.8, 4) is 0 Å². The molecular weight excluding hydrogens is 385 g/mol. The van der Waals surface area contributed by atoms with E-state index in [0.29, 0.717) is 15.9 Å². The number of fused-ring (bicyclic) bond motifs is 1. The summed E-state index contributed by atoms with van der Waals surface area (Å²) >= 11 is 1.42. The smallest absolute Gasteiger partial charge is 0.326 e. The van der Waals surface area contributed by atoms with Crippen LogP contribution < -0.4 is 10.9 Å². The van der Waals surface area contributed by atoms with Crippen molar-refractivity contribution < 1.29 is 18.7 Å². The van der Waals surface area contributed by atoms with Crippen molar-refractivity contribution in [3.63, 3.8) is 0 Å². The van der Waals surface area contributed by atoms with Crippen molar-refractivity contribution in [3.05, 3.63) is 57.2 Å². The molecule has 1 atom stereocenters. The predicted octanol–water partition coefficient (Wildman–Crippen LogP) is 2.78. The summed E-state index contributed by atoms with van der Waals surface area (Å²) in [6.45, 7) is 4.79. The van der Waals surface area contributed by atoms with E-state index in [0.717, 1.165) is 15.0 Å². The minimum atomic E-state index is -1.09. The Kier molecular flexibility index (Phi) is 5.55. The molecule has 2 heterocycles. The lowest BCUT2D eigenvalue weighted by molar-refractivity contribution is -0.153. The van der Waals surface area contributed by atoms with Gasteiger partial charge in [0.05, 0.1) is 11.7 Å². The molecule has 2 aromatic heterocycles. The van der Waals surface area contributed by atoms with Crippen LogP contribution in [0.3, 0.4) is 0 Å². The van der Waals surface area contributed by atoms with Crippen molar-refractivity contribution in [1.82, 2.24) is 9.55 Å². The number of carbonyl (C=O) groups excluding carboxylic acids is 2. The fraction of sp³-hybridized carbons (Fsp3) is 0.263. The zero-order valence-electron chi connectivity index (χ0n) is 15.5. The molecule has 0 saturated heterocycles. The molecule has 28 heavy (non-hydrogen) atoms. The highest BCUT2D eigenvalue weighted by atomic mass is 32.1. The normalized spacial score (nSPS) is 12.0. The molecule has 0 radical (unpaired) electrons. The summed E-state index contributed by atoms with van der Waals surface area (Å²) in [5.41, 5.74) is 0.892. The second kappa shape index (κ2) is 7.89. The van der Waals surface area contributed by atoms with Crippen LogP contribution in [0.25, 0.3) is 10.2 Å². The molecule has 1 amide bonds. The van der Waals surface area contributed by atoms with Crippen LogP contribution in [-0.2, 0) is 20.9 Å². The monoisotopic (exact) mass is 403 g/mol. The zero-order chi connectivity index (χ0) is 20.4. The molecule has 0 bridgehead atoms. The quantitative estimate of drug-likeness (QED) is 0.662. The Morgan fingerprint density at radius 3 is 2.64 bits per heavy atom. The number of ether oxygens (including phenoxy) is 1. The van der Waals surface area contributed by atoms with E-state index in [4.69, 9.17) is 4.74 Å². The number of carbonyl (C=O) groups is 2. The van der Waals surface area contributed by atoms with E-state index in [1.165, 1.54) is 48.9 Å². The van der Waals surface area contributed by atoms with Crippen molar-refractivity contribution in [2.75, 3.05) is 5.32 Å². The van der Waals surface area contributed by atoms with E-state index in [2.05, 4.69) is 10.3 Å². The van der Waals surface area contributed by atoms with Crippen LogP contribution in [0, 0.1) is 19.7 Å². The third-order valence-corrected chi connectivity index (χ3v) is 5.36. The third-order valence-electron chi connectivity index (χ3n) is 4.24. The Morgan fingerprint density at radius 1 is 1.29 bits per heavy atom. The third kappa shape index (κ3) is 4.09. The first-order valence-corrected chi connectivity index (χ1v) is 9.29. The number of esters is 1. The van der Waals surface area contributed by atoms with E-state index in [1.54, 1.807) is 0 Å². The van der Waals surface area contributed by atoms with E-state index >= 15 is 0 Å². The van der Waals surface area contributed by atoms with Gasteiger partial charge in [0.1, 0.15) is 17.2 Å². The summed E-state index contributed by atoms with van der Waals surface area (Å²) < 4.78 is 19.2. The molecule has 1 N–H and O–H groups in total. The van der Waals surface area contributed by atoms with E-state index in [1.807, 2.05) is 13.8 Å². The molecule has 0 spiro atoms. The first-order valence-electron chi connectivity index (χ1n) is 8.47. The topological polar surface area (TPSA) is 90.3 Å². The van der Waals surface area contributed by atoms with Gasteiger partial charge in [0.15, 0.2) is 6.10 Å². The highest BCUT2D eigenvalue weighted by Gasteiger charge is 2.20. The van der Waals surface area contributed by atoms with E-state index in [-0.39, 0.29) is 12.1 Å². The molecule has 7 nitrogen and oxygen atoms in total. The van der Waals surface area contributed by atoms with Crippen molar-refractivity contribution in [1.29, 1.82) is 0 Å². The Labute approximate surface area is 163 Å². The number of anilines is 1. The lowest BCUT2D eigenvalue weighted by Gasteiger charge is -2.14. The number of hydrogen-bond donors (Lipinski definition) is 1. The van der Waals surface area contributed by atoms with Crippen LogP contribution in [0.2, 0.25) is 0 Å². The average Bonchev–Trinajstić information content (AvgIpc) is 2.94. The molecule has 0 aliphatic carbocycles. The molecule has 0 saturated carbocycles. The number of thiophene rings is 1. The molecular formula is C19H18FN3O4S. The van der Waals surface area contributed by atoms with Crippen LogP contribution in [0.15, 0.2) is 35.4 Å². The van der Waals surface area contributed by atoms with E-state index in [9.17, 15) is 18.8 Å². The Morgan fingerprint density at radius 2 is 1.96 bits per heavy atom. The number of halogens is 1. The lowest BCUT2D eigenvalue weighted by atomic mass is 10.2. The summed E-state index contributed by atoms with van der Waals surface area (Å²) in [6.07, 6.45) is 0.208. The fourth-order valence-electron chi connectivity index (χ4n) is 2.59. The predicted molar refractivity (Wildman–Crippen MR) is 104 cm³/mol. The first-order chi connectivity index (χ1) is 13.3. The van der Waals surface area contributed by atoms with Gasteiger partial charge in [-0.15, -0.1) is 11.3 Å². The number of benzene rings is 1. The maximum atomic E-state index is 12.9. The highest BCUT2D eigenvalue weighted by molar-refractivity contribution is 7.18. The van der Waals surface area contributed by atoms with Crippen LogP contribution in [0.1, 0.15) is 17.4 Å². The van der Waals surface area contributed by atoms with Crippen molar-refractivity contribution in [2.45, 2.75) is 33.4 Å². The summed E-state index contributed by atoms with van der Waals surface area (Å²) in [6, 6.07) is 5.20. The summed E-state index contributed by atoms with van der Waals surface area (Å²) in [5.74, 6) is -1.73. The number of aromatic nitrogens is 2. The number of nitrogens with one attached hydrogen (secondary N) is 1. The number of amides is 1. The Hall–Kier alpha value is -3.07. The van der Waals surface area contributed by atoms with Gasteiger partial charge in [-0.1, -0.05) is 0 Å². The SMILES string of the molecule is Cc1sc2ncn(CC(=O)O[C@@H](C)C(=O)Nc3ccc(F)cc3)c(=O)c2c1C. The molecule has 3 aromatic rings. The van der Waals surface area contributed by atoms with Crippen LogP contribution >= 0.6 is 11.3 Å². The standard InChI is InChI=1S/C19H18FN3O4S/c1-10-12(3)28-18-16(10)19(26)23(9-21-18)8-15(24)27-11(2)17(25)22-14-6-4-13(20)5-7-14/h4-7,9,11H,8H2,1-3H3,(H,22,25)/t11-/m0/s1. The van der Waals surface area contributed by atoms with Crippen molar-refractivity contribution >= 4 is 39.1 Å². The lowest BCUT2D eigenvalue weighted by Crippen LogP contribution is -2.33. The maximum absolute atomic E-state index is 12.9. The van der Waals surface area contributed by atoms with Gasteiger partial charge < -0.3 is 10.1 Å². The summed E-state index contributed by atoms with van der Waals surface area (Å²) in [4.78, 5) is 42.7. The molecule has 0 unspecified atom stereocenters. The van der Waals surface area contributed by atoms with Gasteiger partial charge in [-0.3, -0.25) is 19.0 Å². The van der Waals surface area contributed by atoms with Gasteiger partial charge in [0.25, 0.3) is 11.5 Å². The molecule has 0 aliphatic rings. The molecule has 1 aromatic carbocycles. The molecule has 9 heteroatoms. The van der Waals surface area contributed by atoms with Crippen LogP contribution in [0.4, 0.5) is 10.1 Å². The van der Waals surface area contributed by atoms with E-state index < -0.39 is 23.8 Å².